The Morgan fingerprint density at radius 2 is 1.80 bits per heavy atom. The van der Waals surface area contributed by atoms with Gasteiger partial charge in [-0.3, -0.25) is 4.79 Å². The molecule has 1 aromatic rings. The fourth-order valence-corrected chi connectivity index (χ4v) is 2.19. The molecule has 1 aliphatic heterocycles. The molecule has 0 amide bonds. The molecule has 25 heavy (non-hydrogen) atoms. The minimum Gasteiger partial charge on any atom is -0.508 e. The highest BCUT2D eigenvalue weighted by Crippen LogP contribution is 2.25. The molecule has 0 radical (unpaired) electrons. The van der Waals surface area contributed by atoms with Crippen LogP contribution in [0.1, 0.15) is 6.92 Å². The monoisotopic (exact) mass is 358 g/mol. The molecule has 0 saturated carbocycles. The van der Waals surface area contributed by atoms with Gasteiger partial charge in [-0.25, -0.2) is 0 Å². The molecule has 1 aromatic carbocycles. The molecule has 1 saturated heterocycles. The Hall–Kier alpha value is -1.91. The first-order chi connectivity index (χ1) is 11.8. The summed E-state index contributed by atoms with van der Waals surface area (Å²) in [5, 5.41) is 48.1. The van der Waals surface area contributed by atoms with E-state index in [1.807, 2.05) is 0 Å². The zero-order valence-electron chi connectivity index (χ0n) is 13.6. The summed E-state index contributed by atoms with van der Waals surface area (Å²) in [7, 11) is 0. The number of carbonyl (C=O) groups excluding carboxylic acids is 1. The van der Waals surface area contributed by atoms with Crippen LogP contribution in [0.15, 0.2) is 24.3 Å². The van der Waals surface area contributed by atoms with Gasteiger partial charge in [-0.1, -0.05) is 0 Å². The summed E-state index contributed by atoms with van der Waals surface area (Å²) in [5.41, 5.74) is 0. The van der Waals surface area contributed by atoms with E-state index in [-0.39, 0.29) is 24.7 Å². The third-order valence-corrected chi connectivity index (χ3v) is 3.82. The van der Waals surface area contributed by atoms with Gasteiger partial charge < -0.3 is 39.7 Å². The van der Waals surface area contributed by atoms with Crippen molar-refractivity contribution in [1.29, 1.82) is 0 Å². The van der Waals surface area contributed by atoms with E-state index >= 15 is 0 Å². The molecule has 1 aliphatic rings. The Balaban J connectivity index is 2.01. The van der Waals surface area contributed by atoms with Crippen LogP contribution in [0.4, 0.5) is 0 Å². The molecule has 5 N–H and O–H groups in total. The largest absolute Gasteiger partial charge is 0.508 e. The molecule has 0 bridgehead atoms. The Morgan fingerprint density at radius 1 is 1.16 bits per heavy atom. The van der Waals surface area contributed by atoms with Gasteiger partial charge in [0.05, 0.1) is 12.5 Å². The first kappa shape index (κ1) is 19.4. The summed E-state index contributed by atoms with van der Waals surface area (Å²) < 4.78 is 15.7. The van der Waals surface area contributed by atoms with Crippen molar-refractivity contribution in [1.82, 2.24) is 0 Å². The molecule has 0 aliphatic carbocycles. The molecule has 140 valence electrons. The van der Waals surface area contributed by atoms with E-state index in [1.54, 1.807) is 0 Å². The predicted octanol–water partition coefficient (Wildman–Crippen LogP) is -1.25. The quantitative estimate of drug-likeness (QED) is 0.394. The second-order valence-electron chi connectivity index (χ2n) is 5.84. The maximum absolute atomic E-state index is 11.6. The van der Waals surface area contributed by atoms with Crippen LogP contribution in [0, 0.1) is 5.92 Å². The Bertz CT molecular complexity index is 561. The lowest BCUT2D eigenvalue weighted by atomic mass is 9.99. The number of rotatable bonds is 6. The van der Waals surface area contributed by atoms with Crippen LogP contribution in [0.2, 0.25) is 0 Å². The third kappa shape index (κ3) is 4.80. The molecule has 0 aromatic heterocycles. The Labute approximate surface area is 144 Å². The van der Waals surface area contributed by atoms with Gasteiger partial charge in [0, 0.05) is 0 Å². The second-order valence-corrected chi connectivity index (χ2v) is 5.84. The van der Waals surface area contributed by atoms with Crippen LogP contribution in [-0.2, 0) is 14.3 Å². The number of aliphatic hydroxyl groups excluding tert-OH is 4. The van der Waals surface area contributed by atoms with Crippen molar-refractivity contribution in [2.75, 3.05) is 13.2 Å². The molecule has 6 atom stereocenters. The van der Waals surface area contributed by atoms with Crippen LogP contribution in [0.3, 0.4) is 0 Å². The van der Waals surface area contributed by atoms with Crippen LogP contribution in [0.5, 0.6) is 11.5 Å². The van der Waals surface area contributed by atoms with Gasteiger partial charge in [0.2, 0.25) is 6.29 Å². The number of hydrogen-bond donors (Lipinski definition) is 5. The van der Waals surface area contributed by atoms with Crippen molar-refractivity contribution in [3.63, 3.8) is 0 Å². The van der Waals surface area contributed by atoms with E-state index < -0.39 is 42.6 Å². The summed E-state index contributed by atoms with van der Waals surface area (Å²) in [6.45, 7) is 0.695. The highest BCUT2D eigenvalue weighted by atomic mass is 16.7. The molecular formula is C16H22O9. The number of ether oxygens (including phenoxy) is 3. The first-order valence-corrected chi connectivity index (χ1v) is 7.76. The number of hydrogen-bond acceptors (Lipinski definition) is 9. The summed E-state index contributed by atoms with van der Waals surface area (Å²) >= 11 is 0. The summed E-state index contributed by atoms with van der Waals surface area (Å²) in [6, 6.07) is 5.60. The summed E-state index contributed by atoms with van der Waals surface area (Å²) in [6.07, 6.45) is -7.05. The number of aliphatic hydroxyl groups is 4. The number of carbonyl (C=O) groups is 1. The van der Waals surface area contributed by atoms with Crippen LogP contribution in [-0.4, -0.2) is 75.4 Å². The number of esters is 1. The highest BCUT2D eigenvalue weighted by Gasteiger charge is 2.45. The molecule has 2 rings (SSSR count). The second kappa shape index (κ2) is 8.45. The smallest absolute Gasteiger partial charge is 0.311 e. The number of benzene rings is 1. The van der Waals surface area contributed by atoms with Gasteiger partial charge >= 0.3 is 5.97 Å². The molecule has 0 unspecified atom stereocenters. The molecule has 0 spiro atoms. The van der Waals surface area contributed by atoms with Gasteiger partial charge in [0.15, 0.2) is 0 Å². The van der Waals surface area contributed by atoms with Gasteiger partial charge in [-0.15, -0.1) is 0 Å². The first-order valence-electron chi connectivity index (χ1n) is 7.76. The van der Waals surface area contributed by atoms with Crippen molar-refractivity contribution in [3.8, 4) is 11.5 Å². The van der Waals surface area contributed by atoms with E-state index in [2.05, 4.69) is 0 Å². The average molecular weight is 358 g/mol. The van der Waals surface area contributed by atoms with Crippen LogP contribution < -0.4 is 4.74 Å². The van der Waals surface area contributed by atoms with Crippen molar-refractivity contribution in [3.05, 3.63) is 24.3 Å². The van der Waals surface area contributed by atoms with E-state index in [0.29, 0.717) is 0 Å². The molecular weight excluding hydrogens is 336 g/mol. The third-order valence-electron chi connectivity index (χ3n) is 3.82. The normalized spacial score (nSPS) is 30.5. The predicted molar refractivity (Wildman–Crippen MR) is 82.6 cm³/mol. The lowest BCUT2D eigenvalue weighted by Gasteiger charge is -2.40. The van der Waals surface area contributed by atoms with Gasteiger partial charge in [-0.2, -0.15) is 0 Å². The molecule has 1 heterocycles. The van der Waals surface area contributed by atoms with Crippen LogP contribution >= 0.6 is 0 Å². The van der Waals surface area contributed by atoms with E-state index in [1.165, 1.54) is 31.2 Å². The highest BCUT2D eigenvalue weighted by molar-refractivity contribution is 5.72. The fourth-order valence-electron chi connectivity index (χ4n) is 2.19. The minimum absolute atomic E-state index is 0.0238. The van der Waals surface area contributed by atoms with Crippen molar-refractivity contribution in [2.45, 2.75) is 37.6 Å². The maximum atomic E-state index is 11.6. The van der Waals surface area contributed by atoms with Crippen molar-refractivity contribution < 1.29 is 44.5 Å². The lowest BCUT2D eigenvalue weighted by molar-refractivity contribution is -0.278. The van der Waals surface area contributed by atoms with E-state index in [4.69, 9.17) is 19.3 Å². The minimum atomic E-state index is -1.57. The lowest BCUT2D eigenvalue weighted by Crippen LogP contribution is -2.60. The zero-order valence-corrected chi connectivity index (χ0v) is 13.6. The van der Waals surface area contributed by atoms with Crippen molar-refractivity contribution >= 4 is 5.97 Å². The zero-order chi connectivity index (χ0) is 18.6. The average Bonchev–Trinajstić information content (AvgIpc) is 2.61. The van der Waals surface area contributed by atoms with Crippen molar-refractivity contribution in [2.24, 2.45) is 5.92 Å². The van der Waals surface area contributed by atoms with Crippen LogP contribution in [0.25, 0.3) is 0 Å². The standard InChI is InChI=1S/C16H22O9/c1-8(6-17)15(22)23-7-11-12(19)13(20)14(21)16(25-11)24-10-4-2-9(18)3-5-10/h2-5,8,11-14,16-21H,6-7H2,1H3/t8-,11+,12-,13-,14+,16+/m0/s1. The number of phenolic OH excluding ortho intramolecular Hbond substituents is 1. The molecule has 9 nitrogen and oxygen atoms in total. The van der Waals surface area contributed by atoms with Gasteiger partial charge in [-0.05, 0) is 31.2 Å². The summed E-state index contributed by atoms with van der Waals surface area (Å²) in [4.78, 5) is 11.6. The van der Waals surface area contributed by atoms with E-state index in [9.17, 15) is 25.2 Å². The van der Waals surface area contributed by atoms with E-state index in [0.717, 1.165) is 0 Å². The van der Waals surface area contributed by atoms with Gasteiger partial charge in [0.25, 0.3) is 0 Å². The Morgan fingerprint density at radius 3 is 2.40 bits per heavy atom. The summed E-state index contributed by atoms with van der Waals surface area (Å²) in [5.74, 6) is -1.14. The SMILES string of the molecule is C[C@@H](CO)C(=O)OC[C@H]1O[C@@H](Oc2ccc(O)cc2)[C@H](O)[C@@H](O)[C@H]1O. The number of aromatic hydroxyl groups is 1. The fraction of sp³-hybridized carbons (Fsp3) is 0.562. The van der Waals surface area contributed by atoms with Gasteiger partial charge in [0.1, 0.15) is 42.5 Å². The maximum Gasteiger partial charge on any atom is 0.311 e. The topological polar surface area (TPSA) is 146 Å². The number of phenols is 1. The molecule has 9 heteroatoms. The molecule has 1 fully saturated rings. The Kier molecular flexibility index (Phi) is 6.57.